The van der Waals surface area contributed by atoms with Crippen molar-refractivity contribution in [3.63, 3.8) is 0 Å². The molecule has 22 heavy (non-hydrogen) atoms. The van der Waals surface area contributed by atoms with Crippen LogP contribution in [-0.2, 0) is 4.74 Å². The molecule has 2 aromatic heterocycles. The molecule has 0 atom stereocenters. The van der Waals surface area contributed by atoms with Gasteiger partial charge in [-0.2, -0.15) is 5.10 Å². The number of carbonyl (C=O) groups excluding carboxylic acids is 1. The van der Waals surface area contributed by atoms with Gasteiger partial charge in [0, 0.05) is 11.1 Å². The van der Waals surface area contributed by atoms with E-state index in [1.165, 1.54) is 6.20 Å². The van der Waals surface area contributed by atoms with Gasteiger partial charge in [0.2, 0.25) is 0 Å². The number of ether oxygens (including phenoxy) is 1. The van der Waals surface area contributed by atoms with Crippen LogP contribution in [-0.4, -0.2) is 27.3 Å². The summed E-state index contributed by atoms with van der Waals surface area (Å²) < 4.78 is 6.53. The van der Waals surface area contributed by atoms with Gasteiger partial charge in [-0.25, -0.2) is 9.48 Å². The lowest BCUT2D eigenvalue weighted by atomic mass is 10.1. The van der Waals surface area contributed by atoms with Crippen LogP contribution in [0.1, 0.15) is 23.0 Å². The van der Waals surface area contributed by atoms with Crippen molar-refractivity contribution in [2.24, 2.45) is 0 Å². The number of aromatic nitrogens is 3. The second-order valence-corrected chi connectivity index (χ2v) is 4.88. The summed E-state index contributed by atoms with van der Waals surface area (Å²) >= 11 is 0. The van der Waals surface area contributed by atoms with Gasteiger partial charge in [-0.15, -0.1) is 0 Å². The van der Waals surface area contributed by atoms with Crippen molar-refractivity contribution in [3.05, 3.63) is 47.8 Å². The van der Waals surface area contributed by atoms with Crippen molar-refractivity contribution in [1.82, 2.24) is 14.8 Å². The van der Waals surface area contributed by atoms with Gasteiger partial charge in [0.15, 0.2) is 0 Å². The third kappa shape index (κ3) is 2.28. The summed E-state index contributed by atoms with van der Waals surface area (Å²) in [6.07, 6.45) is 1.43. The number of anilines is 1. The predicted octanol–water partition coefficient (Wildman–Crippen LogP) is 2.49. The number of carbonyl (C=O) groups is 1. The number of pyridine rings is 1. The predicted molar refractivity (Wildman–Crippen MR) is 84.0 cm³/mol. The van der Waals surface area contributed by atoms with Gasteiger partial charge in [-0.05, 0) is 26.0 Å². The first-order chi connectivity index (χ1) is 10.6. The summed E-state index contributed by atoms with van der Waals surface area (Å²) in [6, 6.07) is 9.62. The van der Waals surface area contributed by atoms with Gasteiger partial charge in [0.1, 0.15) is 11.4 Å². The first-order valence-corrected chi connectivity index (χ1v) is 6.99. The molecular formula is C16H16N4O2. The molecule has 0 saturated heterocycles. The van der Waals surface area contributed by atoms with Crippen molar-refractivity contribution in [1.29, 1.82) is 0 Å². The van der Waals surface area contributed by atoms with E-state index in [4.69, 9.17) is 10.5 Å². The van der Waals surface area contributed by atoms with E-state index in [9.17, 15) is 4.79 Å². The lowest BCUT2D eigenvalue weighted by molar-refractivity contribution is 0.0527. The van der Waals surface area contributed by atoms with Crippen LogP contribution in [0.5, 0.6) is 0 Å². The van der Waals surface area contributed by atoms with Crippen LogP contribution >= 0.6 is 0 Å². The minimum absolute atomic E-state index is 0.259. The van der Waals surface area contributed by atoms with Crippen LogP contribution in [0.4, 0.5) is 5.82 Å². The normalized spacial score (nSPS) is 10.8. The van der Waals surface area contributed by atoms with Crippen LogP contribution in [0, 0.1) is 6.92 Å². The van der Waals surface area contributed by atoms with E-state index < -0.39 is 5.97 Å². The van der Waals surface area contributed by atoms with Crippen LogP contribution in [0.15, 0.2) is 36.5 Å². The molecule has 3 aromatic rings. The van der Waals surface area contributed by atoms with Crippen LogP contribution in [0.3, 0.4) is 0 Å². The third-order valence-corrected chi connectivity index (χ3v) is 3.35. The van der Waals surface area contributed by atoms with Crippen molar-refractivity contribution in [2.45, 2.75) is 13.8 Å². The zero-order valence-electron chi connectivity index (χ0n) is 12.4. The summed E-state index contributed by atoms with van der Waals surface area (Å²) in [5.74, 6) is -0.212. The number of fused-ring (bicyclic) bond motifs is 1. The molecular weight excluding hydrogens is 280 g/mol. The van der Waals surface area contributed by atoms with Crippen LogP contribution < -0.4 is 5.73 Å². The lowest BCUT2D eigenvalue weighted by Crippen LogP contribution is -2.09. The number of hydrogen-bond donors (Lipinski definition) is 1. The number of aryl methyl sites for hydroxylation is 1. The lowest BCUT2D eigenvalue weighted by Gasteiger charge is -2.10. The molecule has 3 rings (SSSR count). The average molecular weight is 296 g/mol. The van der Waals surface area contributed by atoms with Crippen molar-refractivity contribution in [2.75, 3.05) is 12.3 Å². The van der Waals surface area contributed by atoms with Gasteiger partial charge in [-0.3, -0.25) is 4.98 Å². The second-order valence-electron chi connectivity index (χ2n) is 4.88. The Morgan fingerprint density at radius 2 is 2.14 bits per heavy atom. The number of para-hydroxylation sites is 1. The fourth-order valence-electron chi connectivity index (χ4n) is 2.38. The van der Waals surface area contributed by atoms with Crippen LogP contribution in [0.25, 0.3) is 16.6 Å². The zero-order valence-corrected chi connectivity index (χ0v) is 12.4. The molecule has 0 saturated carbocycles. The molecule has 0 amide bonds. The Balaban J connectivity index is 2.18. The smallest absolute Gasteiger partial charge is 0.343 e. The molecule has 0 aliphatic heterocycles. The number of rotatable bonds is 3. The standard InChI is InChI=1S/C16H16N4O2/c1-3-22-16(21)12-9-18-20(15(12)17)14-8-10(2)19-13-7-5-4-6-11(13)14/h4-9H,3,17H2,1-2H3. The number of hydrogen-bond acceptors (Lipinski definition) is 5. The maximum atomic E-state index is 11.9. The Morgan fingerprint density at radius 1 is 1.36 bits per heavy atom. The summed E-state index contributed by atoms with van der Waals surface area (Å²) in [6.45, 7) is 3.95. The van der Waals surface area contributed by atoms with E-state index in [0.29, 0.717) is 6.61 Å². The molecule has 0 radical (unpaired) electrons. The molecule has 2 N–H and O–H groups in total. The SMILES string of the molecule is CCOC(=O)c1cnn(-c2cc(C)nc3ccccc23)c1N. The maximum absolute atomic E-state index is 11.9. The van der Waals surface area contributed by atoms with Crippen molar-refractivity contribution in [3.8, 4) is 5.69 Å². The number of nitrogens with zero attached hydrogens (tertiary/aromatic N) is 3. The Hall–Kier alpha value is -2.89. The largest absolute Gasteiger partial charge is 0.462 e. The molecule has 2 heterocycles. The number of nitrogens with two attached hydrogens (primary N) is 1. The van der Waals surface area contributed by atoms with Gasteiger partial charge in [0.05, 0.1) is 24.0 Å². The molecule has 0 fully saturated rings. The highest BCUT2D eigenvalue weighted by atomic mass is 16.5. The molecule has 112 valence electrons. The van der Waals surface area contributed by atoms with Crippen molar-refractivity contribution < 1.29 is 9.53 Å². The Labute approximate surface area is 127 Å². The quantitative estimate of drug-likeness (QED) is 0.751. The topological polar surface area (TPSA) is 83.0 Å². The summed E-state index contributed by atoms with van der Waals surface area (Å²) in [4.78, 5) is 16.4. The summed E-state index contributed by atoms with van der Waals surface area (Å²) in [5, 5.41) is 5.16. The Morgan fingerprint density at radius 3 is 2.91 bits per heavy atom. The van der Waals surface area contributed by atoms with E-state index in [1.807, 2.05) is 37.3 Å². The molecule has 0 aliphatic rings. The van der Waals surface area contributed by atoms with E-state index in [1.54, 1.807) is 11.6 Å². The third-order valence-electron chi connectivity index (χ3n) is 3.35. The molecule has 6 nitrogen and oxygen atoms in total. The first-order valence-electron chi connectivity index (χ1n) is 6.99. The van der Waals surface area contributed by atoms with Gasteiger partial charge < -0.3 is 10.5 Å². The molecule has 0 bridgehead atoms. The Bertz CT molecular complexity index is 854. The fraction of sp³-hybridized carbons (Fsp3) is 0.188. The fourth-order valence-corrected chi connectivity index (χ4v) is 2.38. The number of esters is 1. The molecule has 1 aromatic carbocycles. The van der Waals surface area contributed by atoms with E-state index in [2.05, 4.69) is 10.1 Å². The molecule has 0 aliphatic carbocycles. The highest BCUT2D eigenvalue weighted by Gasteiger charge is 2.18. The first kappa shape index (κ1) is 14.1. The summed E-state index contributed by atoms with van der Waals surface area (Å²) in [5.41, 5.74) is 8.84. The van der Waals surface area contributed by atoms with Crippen molar-refractivity contribution >= 4 is 22.7 Å². The maximum Gasteiger partial charge on any atom is 0.343 e. The monoisotopic (exact) mass is 296 g/mol. The highest BCUT2D eigenvalue weighted by Crippen LogP contribution is 2.25. The number of nitrogen functional groups attached to an aromatic ring is 1. The van der Waals surface area contributed by atoms with E-state index in [-0.39, 0.29) is 11.4 Å². The van der Waals surface area contributed by atoms with Gasteiger partial charge >= 0.3 is 5.97 Å². The molecule has 0 spiro atoms. The average Bonchev–Trinajstić information content (AvgIpc) is 2.88. The molecule has 6 heteroatoms. The minimum Gasteiger partial charge on any atom is -0.462 e. The number of benzene rings is 1. The van der Waals surface area contributed by atoms with E-state index >= 15 is 0 Å². The van der Waals surface area contributed by atoms with Gasteiger partial charge in [0.25, 0.3) is 0 Å². The second kappa shape index (κ2) is 5.48. The molecule has 0 unspecified atom stereocenters. The van der Waals surface area contributed by atoms with Crippen LogP contribution in [0.2, 0.25) is 0 Å². The Kier molecular flexibility index (Phi) is 3.50. The highest BCUT2D eigenvalue weighted by molar-refractivity contribution is 5.95. The van der Waals surface area contributed by atoms with E-state index in [0.717, 1.165) is 22.3 Å². The van der Waals surface area contributed by atoms with Gasteiger partial charge in [-0.1, -0.05) is 18.2 Å². The zero-order chi connectivity index (χ0) is 15.7. The summed E-state index contributed by atoms with van der Waals surface area (Å²) in [7, 11) is 0. The minimum atomic E-state index is -0.471.